The van der Waals surface area contributed by atoms with E-state index in [0.29, 0.717) is 47.4 Å². The number of phenolic OH excluding ortho intramolecular Hbond substituents is 1. The van der Waals surface area contributed by atoms with Crippen molar-refractivity contribution in [2.24, 2.45) is 0 Å². The van der Waals surface area contributed by atoms with Crippen molar-refractivity contribution in [1.82, 2.24) is 10.3 Å². The van der Waals surface area contributed by atoms with E-state index in [2.05, 4.69) is 15.6 Å². The molecule has 0 radical (unpaired) electrons. The minimum absolute atomic E-state index is 0.0591. The number of hydrogen-bond donors (Lipinski definition) is 7. The highest BCUT2D eigenvalue weighted by molar-refractivity contribution is 5.95. The van der Waals surface area contributed by atoms with Crippen LogP contribution >= 0.6 is 0 Å². The molecular weight excluding hydrogens is 658 g/mol. The van der Waals surface area contributed by atoms with Crippen LogP contribution in [0.2, 0.25) is 0 Å². The first kappa shape index (κ1) is 36.2. The smallest absolute Gasteiger partial charge is 0.412 e. The second-order valence-corrected chi connectivity index (χ2v) is 13.4. The number of nitrogens with one attached hydrogen (secondary N) is 3. The highest BCUT2D eigenvalue weighted by atomic mass is 16.4. The molecule has 0 unspecified atom stereocenters. The number of rotatable bonds is 13. The molecule has 6 rings (SSSR count). The molecule has 0 aliphatic heterocycles. The number of hydrogen-bond acceptors (Lipinski definition) is 7. The van der Waals surface area contributed by atoms with E-state index in [1.54, 1.807) is 18.2 Å². The fourth-order valence-corrected chi connectivity index (χ4v) is 7.09. The summed E-state index contributed by atoms with van der Waals surface area (Å²) >= 11 is 0. The van der Waals surface area contributed by atoms with Gasteiger partial charge in [0, 0.05) is 53.9 Å². The van der Waals surface area contributed by atoms with Gasteiger partial charge in [-0.3, -0.25) is 14.5 Å². The van der Waals surface area contributed by atoms with E-state index >= 15 is 0 Å². The molecule has 1 saturated carbocycles. The van der Waals surface area contributed by atoms with Gasteiger partial charge in [-0.25, -0.2) is 4.79 Å². The van der Waals surface area contributed by atoms with Crippen LogP contribution in [0.5, 0.6) is 5.75 Å². The third-order valence-electron chi connectivity index (χ3n) is 9.77. The summed E-state index contributed by atoms with van der Waals surface area (Å²) in [5.41, 5.74) is 12.4. The van der Waals surface area contributed by atoms with Crippen molar-refractivity contribution in [3.63, 3.8) is 0 Å². The van der Waals surface area contributed by atoms with Gasteiger partial charge in [0.15, 0.2) is 0 Å². The lowest BCUT2D eigenvalue weighted by Gasteiger charge is -2.34. The van der Waals surface area contributed by atoms with Crippen LogP contribution in [0.4, 0.5) is 21.9 Å². The number of aromatic amines is 1. The van der Waals surface area contributed by atoms with Crippen LogP contribution < -0.4 is 26.8 Å². The maximum atomic E-state index is 12.9. The number of aryl methyl sites for hydroxylation is 1. The van der Waals surface area contributed by atoms with Crippen LogP contribution in [0.1, 0.15) is 67.7 Å². The molecule has 11 nitrogen and oxygen atoms in total. The Bertz CT molecular complexity index is 2080. The maximum Gasteiger partial charge on any atom is 0.412 e. The predicted molar refractivity (Wildman–Crippen MR) is 205 cm³/mol. The normalized spacial score (nSPS) is 13.9. The zero-order valence-corrected chi connectivity index (χ0v) is 29.0. The number of carbonyl (C=O) groups is 2. The minimum atomic E-state index is -0.976. The number of fused-ring (bicyclic) bond motifs is 1. The number of carboxylic acid groups (broad SMARTS) is 1. The van der Waals surface area contributed by atoms with Gasteiger partial charge in [0.2, 0.25) is 11.5 Å². The van der Waals surface area contributed by atoms with E-state index in [1.807, 2.05) is 60.7 Å². The second kappa shape index (κ2) is 16.6. The molecule has 1 aliphatic rings. The summed E-state index contributed by atoms with van der Waals surface area (Å²) in [6, 6.07) is 26.9. The number of carbonyl (C=O) groups excluding carboxylic acids is 1. The van der Waals surface area contributed by atoms with Gasteiger partial charge in [-0.15, -0.1) is 0 Å². The number of phenols is 1. The number of amides is 2. The Balaban J connectivity index is 1.03. The predicted octanol–water partition coefficient (Wildman–Crippen LogP) is 7.08. The Morgan fingerprint density at radius 2 is 1.69 bits per heavy atom. The summed E-state index contributed by atoms with van der Waals surface area (Å²) in [6.07, 6.45) is 4.34. The number of benzene rings is 4. The zero-order chi connectivity index (χ0) is 36.6. The molecule has 8 N–H and O–H groups in total. The molecule has 0 bridgehead atoms. The maximum absolute atomic E-state index is 12.9. The first-order valence-electron chi connectivity index (χ1n) is 17.8. The van der Waals surface area contributed by atoms with Gasteiger partial charge in [-0.1, -0.05) is 67.8 Å². The highest BCUT2D eigenvalue weighted by Crippen LogP contribution is 2.39. The van der Waals surface area contributed by atoms with Crippen molar-refractivity contribution in [1.29, 1.82) is 0 Å². The molecule has 5 aromatic rings. The van der Waals surface area contributed by atoms with Crippen molar-refractivity contribution >= 4 is 40.0 Å². The SMILES string of the molecule is Nc1cc(N(C(=O)O)C2CCCCC2)c(-c2ccccc2)cc1CCCC(=O)Nc1ccc(CNC[C@H](O)c2ccc(O)c3[nH]c(=O)ccc23)cc1. The quantitative estimate of drug-likeness (QED) is 0.0635. The number of anilines is 3. The van der Waals surface area contributed by atoms with Crippen molar-refractivity contribution in [2.45, 2.75) is 70.1 Å². The first-order chi connectivity index (χ1) is 25.2. The van der Waals surface area contributed by atoms with Gasteiger partial charge < -0.3 is 36.7 Å². The zero-order valence-electron chi connectivity index (χ0n) is 29.0. The lowest BCUT2D eigenvalue weighted by Crippen LogP contribution is -2.41. The van der Waals surface area contributed by atoms with Crippen LogP contribution in [0.3, 0.4) is 0 Å². The molecule has 0 spiro atoms. The molecule has 1 heterocycles. The molecule has 11 heteroatoms. The van der Waals surface area contributed by atoms with Crippen molar-refractivity contribution < 1.29 is 24.9 Å². The lowest BCUT2D eigenvalue weighted by molar-refractivity contribution is -0.116. The van der Waals surface area contributed by atoms with E-state index in [9.17, 15) is 29.7 Å². The summed E-state index contributed by atoms with van der Waals surface area (Å²) in [4.78, 5) is 41.3. The van der Waals surface area contributed by atoms with E-state index in [4.69, 9.17) is 5.73 Å². The number of aliphatic hydroxyl groups excluding tert-OH is 1. The van der Waals surface area contributed by atoms with Crippen LogP contribution in [-0.4, -0.2) is 44.9 Å². The van der Waals surface area contributed by atoms with Gasteiger partial charge in [0.25, 0.3) is 0 Å². The topological polar surface area (TPSA) is 181 Å². The average Bonchev–Trinajstić information content (AvgIpc) is 3.14. The summed E-state index contributed by atoms with van der Waals surface area (Å²) in [6.45, 7) is 0.726. The fourth-order valence-electron chi connectivity index (χ4n) is 7.09. The number of H-pyrrole nitrogens is 1. The largest absolute Gasteiger partial charge is 0.506 e. The van der Waals surface area contributed by atoms with Gasteiger partial charge in [-0.2, -0.15) is 0 Å². The van der Waals surface area contributed by atoms with Gasteiger partial charge >= 0.3 is 6.09 Å². The molecule has 52 heavy (non-hydrogen) atoms. The van der Waals surface area contributed by atoms with Crippen molar-refractivity contribution in [2.75, 3.05) is 22.5 Å². The summed E-state index contributed by atoms with van der Waals surface area (Å²) in [5.74, 6) is -0.180. The van der Waals surface area contributed by atoms with Crippen molar-refractivity contribution in [3.8, 4) is 16.9 Å². The Hall–Kier alpha value is -5.65. The second-order valence-electron chi connectivity index (χ2n) is 13.4. The van der Waals surface area contributed by atoms with Gasteiger partial charge in [-0.05, 0) is 84.3 Å². The molecule has 270 valence electrons. The number of nitrogens with zero attached hydrogens (tertiary/aromatic N) is 1. The minimum Gasteiger partial charge on any atom is -0.506 e. The molecule has 4 aromatic carbocycles. The fraction of sp³-hybridized carbons (Fsp3) is 0.293. The number of pyridine rings is 1. The van der Waals surface area contributed by atoms with E-state index < -0.39 is 12.2 Å². The summed E-state index contributed by atoms with van der Waals surface area (Å²) < 4.78 is 0. The molecule has 2 amide bonds. The molecule has 1 aromatic heterocycles. The lowest BCUT2D eigenvalue weighted by atomic mass is 9.91. The van der Waals surface area contributed by atoms with Gasteiger partial charge in [0.05, 0.1) is 17.3 Å². The Kier molecular flexibility index (Phi) is 11.5. The van der Waals surface area contributed by atoms with Crippen LogP contribution in [-0.2, 0) is 17.8 Å². The first-order valence-corrected chi connectivity index (χ1v) is 17.8. The van der Waals surface area contributed by atoms with Crippen LogP contribution in [0.15, 0.2) is 95.8 Å². The standard InChI is InChI=1S/C41H45N5O6/c42-34-23-35(46(41(51)52)30-11-5-2-6-12-30)33(27-8-3-1-4-9-27)22-28(34)10-7-13-38(49)44-29-16-14-26(15-17-29)24-43-25-37(48)31-18-20-36(47)40-32(31)19-21-39(50)45-40/h1,3-4,8-9,14-23,30,37,43,47-48H,2,5-7,10-13,24-25,42H2,(H,44,49)(H,45,50)(H,51,52)/t37-/m0/s1. The highest BCUT2D eigenvalue weighted by Gasteiger charge is 2.29. The Morgan fingerprint density at radius 3 is 2.42 bits per heavy atom. The summed E-state index contributed by atoms with van der Waals surface area (Å²) in [5, 5.41) is 38.0. The third kappa shape index (κ3) is 8.62. The van der Waals surface area contributed by atoms with E-state index in [1.165, 1.54) is 17.0 Å². The number of aliphatic hydroxyl groups is 1. The number of nitrogen functional groups attached to an aromatic ring is 1. The molecule has 1 aliphatic carbocycles. The average molecular weight is 704 g/mol. The molecule has 0 saturated heterocycles. The monoisotopic (exact) mass is 703 g/mol. The third-order valence-corrected chi connectivity index (χ3v) is 9.77. The van der Waals surface area contributed by atoms with Crippen molar-refractivity contribution in [3.05, 3.63) is 118 Å². The number of aromatic nitrogens is 1. The van der Waals surface area contributed by atoms with Crippen LogP contribution in [0, 0.1) is 0 Å². The molecule has 1 atom stereocenters. The Labute approximate surface area is 302 Å². The van der Waals surface area contributed by atoms with Gasteiger partial charge in [0.1, 0.15) is 5.75 Å². The van der Waals surface area contributed by atoms with E-state index in [0.717, 1.165) is 54.4 Å². The molecule has 1 fully saturated rings. The van der Waals surface area contributed by atoms with Crippen LogP contribution in [0.25, 0.3) is 22.0 Å². The number of nitrogens with two attached hydrogens (primary N) is 1. The van der Waals surface area contributed by atoms with E-state index in [-0.39, 0.29) is 41.7 Å². The molecular formula is C41H45N5O6. The summed E-state index contributed by atoms with van der Waals surface area (Å²) in [7, 11) is 0. The number of aromatic hydroxyl groups is 1. The Morgan fingerprint density at radius 1 is 0.942 bits per heavy atom.